The number of carbonyl (C=O) groups is 5. The van der Waals surface area contributed by atoms with E-state index in [1.807, 2.05) is 0 Å². The molecule has 13 nitrogen and oxygen atoms in total. The van der Waals surface area contributed by atoms with E-state index in [0.29, 0.717) is 22.7 Å². The molecule has 1 saturated heterocycles. The molecule has 2 aliphatic heterocycles. The van der Waals surface area contributed by atoms with E-state index < -0.39 is 66.8 Å². The Balaban J connectivity index is 1.70. The van der Waals surface area contributed by atoms with Crippen LogP contribution >= 0.6 is 0 Å². The molecule has 13 heteroatoms. The molecule has 1 aliphatic carbocycles. The number of allylic oxidation sites excluding steroid dienone is 3. The van der Waals surface area contributed by atoms with Crippen LogP contribution in [0.1, 0.15) is 41.5 Å². The van der Waals surface area contributed by atoms with Gasteiger partial charge in [-0.05, 0) is 44.2 Å². The Labute approximate surface area is 241 Å². The minimum absolute atomic E-state index is 0.181. The van der Waals surface area contributed by atoms with Crippen LogP contribution in [0.5, 0.6) is 11.5 Å². The van der Waals surface area contributed by atoms with Crippen LogP contribution < -0.4 is 9.47 Å². The van der Waals surface area contributed by atoms with Crippen LogP contribution in [-0.2, 0) is 47.7 Å². The Bertz CT molecular complexity index is 1390. The molecule has 0 aromatic heterocycles. The van der Waals surface area contributed by atoms with Crippen LogP contribution in [0, 0.1) is 0 Å². The minimum Gasteiger partial charge on any atom is -0.481 e. The molecule has 1 aromatic carbocycles. The van der Waals surface area contributed by atoms with Gasteiger partial charge in [-0.1, -0.05) is 0 Å². The maximum atomic E-state index is 12.1. The number of ketones is 1. The summed E-state index contributed by atoms with van der Waals surface area (Å²) in [6.07, 6.45) is -2.15. The summed E-state index contributed by atoms with van der Waals surface area (Å²) in [5.74, 6) is -2.56. The number of hydrogen-bond donors (Lipinski definition) is 0. The molecule has 1 fully saturated rings. The maximum Gasteiger partial charge on any atom is 0.303 e. The Hall–Kier alpha value is -4.52. The lowest BCUT2D eigenvalue weighted by Gasteiger charge is -2.43. The second-order valence-corrected chi connectivity index (χ2v) is 10.2. The summed E-state index contributed by atoms with van der Waals surface area (Å²) < 4.78 is 39.7. The second-order valence-electron chi connectivity index (χ2n) is 10.2. The van der Waals surface area contributed by atoms with Crippen molar-refractivity contribution >= 4 is 41.1 Å². The number of ether oxygens (including phenoxy) is 7. The molecule has 42 heavy (non-hydrogen) atoms. The van der Waals surface area contributed by atoms with E-state index in [9.17, 15) is 24.0 Å². The molecule has 224 valence electrons. The molecule has 4 rings (SSSR count). The number of esters is 4. The van der Waals surface area contributed by atoms with Gasteiger partial charge in [0.05, 0.1) is 5.71 Å². The number of carbonyl (C=O) groups excluding carboxylic acids is 5. The summed E-state index contributed by atoms with van der Waals surface area (Å²) in [5, 5.41) is 0. The zero-order chi connectivity index (χ0) is 30.8. The van der Waals surface area contributed by atoms with Crippen molar-refractivity contribution in [3.63, 3.8) is 0 Å². The summed E-state index contributed by atoms with van der Waals surface area (Å²) in [7, 11) is 0. The van der Waals surface area contributed by atoms with Crippen LogP contribution in [0.4, 0.5) is 5.69 Å². The largest absolute Gasteiger partial charge is 0.481 e. The van der Waals surface area contributed by atoms with E-state index in [1.165, 1.54) is 19.1 Å². The van der Waals surface area contributed by atoms with Crippen molar-refractivity contribution < 1.29 is 57.1 Å². The van der Waals surface area contributed by atoms with Crippen LogP contribution in [-0.4, -0.2) is 78.3 Å². The fourth-order valence-electron chi connectivity index (χ4n) is 4.71. The van der Waals surface area contributed by atoms with Gasteiger partial charge in [-0.3, -0.25) is 24.0 Å². The van der Waals surface area contributed by atoms with Gasteiger partial charge in [0.1, 0.15) is 35.5 Å². The molecule has 2 heterocycles. The highest BCUT2D eigenvalue weighted by Crippen LogP contribution is 2.41. The summed E-state index contributed by atoms with van der Waals surface area (Å²) in [6.45, 7) is 7.78. The van der Waals surface area contributed by atoms with Gasteiger partial charge in [-0.2, -0.15) is 0 Å². The van der Waals surface area contributed by atoms with Crippen molar-refractivity contribution in [2.45, 2.75) is 77.8 Å². The van der Waals surface area contributed by atoms with E-state index in [2.05, 4.69) is 4.99 Å². The van der Waals surface area contributed by atoms with Crippen molar-refractivity contribution in [1.29, 1.82) is 0 Å². The number of aliphatic imine (C=N–C) groups is 1. The Morgan fingerprint density at radius 1 is 0.881 bits per heavy atom. The van der Waals surface area contributed by atoms with Gasteiger partial charge in [0.15, 0.2) is 18.0 Å². The molecular formula is C29H31NO12. The average molecular weight is 586 g/mol. The number of hydrogen-bond acceptors (Lipinski definition) is 13. The zero-order valence-electron chi connectivity index (χ0n) is 23.9. The van der Waals surface area contributed by atoms with Gasteiger partial charge in [-0.15, -0.1) is 0 Å². The van der Waals surface area contributed by atoms with Gasteiger partial charge in [0.2, 0.25) is 12.4 Å². The lowest BCUT2D eigenvalue weighted by molar-refractivity contribution is -0.288. The van der Waals surface area contributed by atoms with E-state index in [-0.39, 0.29) is 11.5 Å². The summed E-state index contributed by atoms with van der Waals surface area (Å²) in [5.41, 5.74) is 0.714. The molecule has 0 bridgehead atoms. The van der Waals surface area contributed by atoms with E-state index in [1.54, 1.807) is 38.1 Å². The average Bonchev–Trinajstić information content (AvgIpc) is 2.98. The third-order valence-electron chi connectivity index (χ3n) is 6.35. The lowest BCUT2D eigenvalue weighted by Crippen LogP contribution is -2.63. The number of fused-ring (bicyclic) bond motifs is 2. The van der Waals surface area contributed by atoms with E-state index in [0.717, 1.165) is 20.8 Å². The van der Waals surface area contributed by atoms with Crippen molar-refractivity contribution in [3.05, 3.63) is 42.0 Å². The zero-order valence-corrected chi connectivity index (χ0v) is 23.9. The van der Waals surface area contributed by atoms with Crippen LogP contribution in [0.25, 0.3) is 0 Å². The molecule has 0 spiro atoms. The smallest absolute Gasteiger partial charge is 0.303 e. The number of nitrogens with zero attached hydrogens (tertiary/aromatic N) is 1. The Morgan fingerprint density at radius 3 is 2.17 bits per heavy atom. The van der Waals surface area contributed by atoms with Crippen LogP contribution in [0.3, 0.4) is 0 Å². The highest BCUT2D eigenvalue weighted by molar-refractivity contribution is 6.21. The van der Waals surface area contributed by atoms with Crippen molar-refractivity contribution in [1.82, 2.24) is 0 Å². The quantitative estimate of drug-likeness (QED) is 0.261. The van der Waals surface area contributed by atoms with E-state index in [4.69, 9.17) is 33.2 Å². The van der Waals surface area contributed by atoms with Crippen molar-refractivity contribution in [2.75, 3.05) is 6.61 Å². The van der Waals surface area contributed by atoms with Crippen LogP contribution in [0.15, 0.2) is 47.0 Å². The summed E-state index contributed by atoms with van der Waals surface area (Å²) >= 11 is 0. The number of benzene rings is 1. The molecule has 1 aromatic rings. The fraction of sp³-hybridized carbons (Fsp3) is 0.448. The third-order valence-corrected chi connectivity index (χ3v) is 6.35. The SMILES string of the molecule is CC(=O)OC[C@H]1O[C@@H](Oc2ccc3c(c2)OC(C)(C)C2=CC(=O)C=CC2=N3)[C@H](OC(C)=O)[C@@H](OC(C)=O)[C@H]1OC(C)=O. The minimum atomic E-state index is -1.42. The summed E-state index contributed by atoms with van der Waals surface area (Å²) in [4.78, 5) is 64.3. The molecule has 3 aliphatic rings. The molecule has 0 saturated carbocycles. The monoisotopic (exact) mass is 585 g/mol. The standard InChI is InChI=1S/C29H31NO12/c1-14(31)36-13-24-25(37-15(2)32)26(38-16(3)33)27(39-17(4)34)28(41-24)40-19-8-10-22-23(12-19)42-29(5,6)20-11-18(35)7-9-21(20)30-22/h7-12,24-28H,13H2,1-6H3/t24-,25+,26+,27-,28-/m1/s1. The predicted octanol–water partition coefficient (Wildman–Crippen LogP) is 2.46. The molecule has 0 amide bonds. The highest BCUT2D eigenvalue weighted by Gasteiger charge is 2.53. The molecule has 0 unspecified atom stereocenters. The second kappa shape index (κ2) is 12.1. The lowest BCUT2D eigenvalue weighted by atomic mass is 9.89. The Kier molecular flexibility index (Phi) is 8.81. The molecule has 0 radical (unpaired) electrons. The van der Waals surface area contributed by atoms with Crippen LogP contribution in [0.2, 0.25) is 0 Å². The molecule has 0 N–H and O–H groups in total. The maximum absolute atomic E-state index is 12.1. The van der Waals surface area contributed by atoms with Gasteiger partial charge in [0, 0.05) is 39.3 Å². The fourth-order valence-corrected chi connectivity index (χ4v) is 4.71. The topological polar surface area (TPSA) is 162 Å². The normalized spacial score (nSPS) is 25.7. The van der Waals surface area contributed by atoms with Crippen molar-refractivity contribution in [2.24, 2.45) is 4.99 Å². The first-order valence-corrected chi connectivity index (χ1v) is 13.1. The first kappa shape index (κ1) is 30.4. The van der Waals surface area contributed by atoms with Crippen molar-refractivity contribution in [3.8, 4) is 11.5 Å². The van der Waals surface area contributed by atoms with E-state index >= 15 is 0 Å². The third kappa shape index (κ3) is 7.03. The summed E-state index contributed by atoms with van der Waals surface area (Å²) in [6, 6.07) is 4.74. The first-order valence-electron chi connectivity index (χ1n) is 13.1. The molecular weight excluding hydrogens is 554 g/mol. The number of rotatable bonds is 7. The molecule has 5 atom stereocenters. The van der Waals surface area contributed by atoms with Gasteiger partial charge in [-0.25, -0.2) is 4.99 Å². The first-order chi connectivity index (χ1) is 19.7. The predicted molar refractivity (Wildman–Crippen MR) is 143 cm³/mol. The van der Waals surface area contributed by atoms with Gasteiger partial charge >= 0.3 is 23.9 Å². The van der Waals surface area contributed by atoms with Gasteiger partial charge < -0.3 is 33.2 Å². The highest BCUT2D eigenvalue weighted by atomic mass is 16.7. The van der Waals surface area contributed by atoms with Gasteiger partial charge in [0.25, 0.3) is 0 Å². The Morgan fingerprint density at radius 2 is 1.52 bits per heavy atom.